The SMILES string of the molecule is CC(CCCC(F)(F)F)NC1CCN(C)C(C)C1. The van der Waals surface area contributed by atoms with Gasteiger partial charge in [-0.1, -0.05) is 0 Å². The van der Waals surface area contributed by atoms with E-state index in [4.69, 9.17) is 0 Å². The van der Waals surface area contributed by atoms with Crippen LogP contribution in [0, 0.1) is 0 Å². The first-order chi connectivity index (χ1) is 8.28. The zero-order chi connectivity index (χ0) is 13.8. The van der Waals surface area contributed by atoms with Crippen molar-refractivity contribution in [2.24, 2.45) is 0 Å². The van der Waals surface area contributed by atoms with Crippen LogP contribution < -0.4 is 5.32 Å². The smallest absolute Gasteiger partial charge is 0.311 e. The van der Waals surface area contributed by atoms with Gasteiger partial charge in [0.15, 0.2) is 0 Å². The quantitative estimate of drug-likeness (QED) is 0.822. The number of alkyl halides is 3. The summed E-state index contributed by atoms with van der Waals surface area (Å²) in [6, 6.07) is 1.18. The highest BCUT2D eigenvalue weighted by Gasteiger charge is 2.27. The third kappa shape index (κ3) is 6.05. The lowest BCUT2D eigenvalue weighted by Gasteiger charge is -2.36. The molecule has 0 bridgehead atoms. The number of hydrogen-bond acceptors (Lipinski definition) is 2. The number of halogens is 3. The van der Waals surface area contributed by atoms with Crippen molar-refractivity contribution >= 4 is 0 Å². The van der Waals surface area contributed by atoms with Gasteiger partial charge in [0.05, 0.1) is 0 Å². The Labute approximate surface area is 108 Å². The molecule has 0 aliphatic carbocycles. The molecule has 0 aromatic rings. The van der Waals surface area contributed by atoms with Crippen LogP contribution in [0.1, 0.15) is 46.0 Å². The van der Waals surface area contributed by atoms with Crippen molar-refractivity contribution in [3.63, 3.8) is 0 Å². The van der Waals surface area contributed by atoms with Gasteiger partial charge in [0, 0.05) is 24.5 Å². The lowest BCUT2D eigenvalue weighted by molar-refractivity contribution is -0.135. The first-order valence-corrected chi connectivity index (χ1v) is 6.81. The molecule has 3 unspecified atom stereocenters. The summed E-state index contributed by atoms with van der Waals surface area (Å²) in [5.41, 5.74) is 0. The number of nitrogens with zero attached hydrogens (tertiary/aromatic N) is 1. The highest BCUT2D eigenvalue weighted by Crippen LogP contribution is 2.23. The number of nitrogens with one attached hydrogen (secondary N) is 1. The van der Waals surface area contributed by atoms with Crippen molar-refractivity contribution in [2.75, 3.05) is 13.6 Å². The van der Waals surface area contributed by atoms with Crippen molar-refractivity contribution < 1.29 is 13.2 Å². The maximum absolute atomic E-state index is 12.0. The Kier molecular flexibility index (Phi) is 5.92. The molecule has 3 atom stereocenters. The van der Waals surface area contributed by atoms with Gasteiger partial charge in [0.2, 0.25) is 0 Å². The average Bonchev–Trinajstić information content (AvgIpc) is 2.21. The minimum atomic E-state index is -4.01. The van der Waals surface area contributed by atoms with E-state index in [1.54, 1.807) is 0 Å². The second-order valence-corrected chi connectivity index (χ2v) is 5.63. The maximum Gasteiger partial charge on any atom is 0.389 e. The highest BCUT2D eigenvalue weighted by atomic mass is 19.4. The Morgan fingerprint density at radius 2 is 2.06 bits per heavy atom. The van der Waals surface area contributed by atoms with E-state index in [0.717, 1.165) is 19.4 Å². The van der Waals surface area contributed by atoms with E-state index in [9.17, 15) is 13.2 Å². The van der Waals surface area contributed by atoms with Gasteiger partial charge >= 0.3 is 6.18 Å². The van der Waals surface area contributed by atoms with Crippen LogP contribution in [0.25, 0.3) is 0 Å². The summed E-state index contributed by atoms with van der Waals surface area (Å²) in [5, 5.41) is 3.46. The van der Waals surface area contributed by atoms with Gasteiger partial charge in [0.25, 0.3) is 0 Å². The zero-order valence-electron chi connectivity index (χ0n) is 11.6. The van der Waals surface area contributed by atoms with E-state index in [2.05, 4.69) is 24.2 Å². The van der Waals surface area contributed by atoms with Crippen molar-refractivity contribution in [1.29, 1.82) is 0 Å². The van der Waals surface area contributed by atoms with Crippen molar-refractivity contribution in [2.45, 2.75) is 70.3 Å². The lowest BCUT2D eigenvalue weighted by Crippen LogP contribution is -2.47. The normalized spacial score (nSPS) is 28.3. The number of piperidine rings is 1. The minimum absolute atomic E-state index is 0.174. The van der Waals surface area contributed by atoms with Crippen LogP contribution in [-0.2, 0) is 0 Å². The molecule has 1 fully saturated rings. The number of rotatable bonds is 5. The Hall–Kier alpha value is -0.290. The zero-order valence-corrected chi connectivity index (χ0v) is 11.6. The first kappa shape index (κ1) is 15.8. The molecule has 1 heterocycles. The molecular weight excluding hydrogens is 241 g/mol. The second kappa shape index (κ2) is 6.75. The average molecular weight is 266 g/mol. The Morgan fingerprint density at radius 1 is 1.39 bits per heavy atom. The van der Waals surface area contributed by atoms with Gasteiger partial charge in [-0.3, -0.25) is 0 Å². The van der Waals surface area contributed by atoms with Gasteiger partial charge in [-0.2, -0.15) is 13.2 Å². The fourth-order valence-electron chi connectivity index (χ4n) is 2.54. The minimum Gasteiger partial charge on any atom is -0.311 e. The third-order valence-electron chi connectivity index (χ3n) is 3.83. The predicted molar refractivity (Wildman–Crippen MR) is 67.6 cm³/mol. The topological polar surface area (TPSA) is 15.3 Å². The molecule has 0 radical (unpaired) electrons. The van der Waals surface area contributed by atoms with Gasteiger partial charge in [-0.05, 0) is 53.1 Å². The molecule has 5 heteroatoms. The largest absolute Gasteiger partial charge is 0.389 e. The van der Waals surface area contributed by atoms with Crippen LogP contribution in [0.4, 0.5) is 13.2 Å². The van der Waals surface area contributed by atoms with Crippen molar-refractivity contribution in [3.8, 4) is 0 Å². The summed E-state index contributed by atoms with van der Waals surface area (Å²) >= 11 is 0. The van der Waals surface area contributed by atoms with Gasteiger partial charge in [-0.15, -0.1) is 0 Å². The predicted octanol–water partition coefficient (Wildman–Crippen LogP) is 3.18. The Morgan fingerprint density at radius 3 is 2.61 bits per heavy atom. The highest BCUT2D eigenvalue weighted by molar-refractivity contribution is 4.82. The standard InChI is InChI=1S/C13H25F3N2/c1-10(5-4-7-13(14,15)16)17-12-6-8-18(3)11(2)9-12/h10-12,17H,4-9H2,1-3H3. The third-order valence-corrected chi connectivity index (χ3v) is 3.83. The molecule has 0 spiro atoms. The molecule has 0 amide bonds. The van der Waals surface area contributed by atoms with E-state index in [0.29, 0.717) is 18.5 Å². The van der Waals surface area contributed by atoms with Crippen LogP contribution in [0.2, 0.25) is 0 Å². The van der Waals surface area contributed by atoms with Gasteiger partial charge in [0.1, 0.15) is 0 Å². The maximum atomic E-state index is 12.0. The fraction of sp³-hybridized carbons (Fsp3) is 1.00. The molecule has 108 valence electrons. The molecular formula is C13H25F3N2. The summed E-state index contributed by atoms with van der Waals surface area (Å²) in [6.07, 6.45) is -1.69. The van der Waals surface area contributed by atoms with E-state index in [-0.39, 0.29) is 12.5 Å². The van der Waals surface area contributed by atoms with Crippen molar-refractivity contribution in [3.05, 3.63) is 0 Å². The van der Waals surface area contributed by atoms with Crippen molar-refractivity contribution in [1.82, 2.24) is 10.2 Å². The van der Waals surface area contributed by atoms with Gasteiger partial charge in [-0.25, -0.2) is 0 Å². The molecule has 18 heavy (non-hydrogen) atoms. The van der Waals surface area contributed by atoms with E-state index >= 15 is 0 Å². The number of likely N-dealkylation sites (tertiary alicyclic amines) is 1. The molecule has 1 aliphatic rings. The van der Waals surface area contributed by atoms with Crippen LogP contribution in [-0.4, -0.2) is 42.8 Å². The molecule has 1 rings (SSSR count). The molecule has 1 saturated heterocycles. The molecule has 1 aliphatic heterocycles. The van der Waals surface area contributed by atoms with Crippen LogP contribution >= 0.6 is 0 Å². The molecule has 1 N–H and O–H groups in total. The van der Waals surface area contributed by atoms with Crippen LogP contribution in [0.5, 0.6) is 0 Å². The summed E-state index contributed by atoms with van der Waals surface area (Å²) in [6.45, 7) is 5.25. The van der Waals surface area contributed by atoms with E-state index < -0.39 is 12.6 Å². The second-order valence-electron chi connectivity index (χ2n) is 5.63. The Balaban J connectivity index is 2.18. The molecule has 0 saturated carbocycles. The van der Waals surface area contributed by atoms with E-state index in [1.807, 2.05) is 6.92 Å². The summed E-state index contributed by atoms with van der Waals surface area (Å²) in [5.74, 6) is 0. The van der Waals surface area contributed by atoms with E-state index in [1.165, 1.54) is 0 Å². The van der Waals surface area contributed by atoms with Crippen LogP contribution in [0.3, 0.4) is 0 Å². The summed E-state index contributed by atoms with van der Waals surface area (Å²) in [7, 11) is 2.12. The summed E-state index contributed by atoms with van der Waals surface area (Å²) < 4.78 is 36.1. The molecule has 0 aromatic heterocycles. The van der Waals surface area contributed by atoms with Crippen LogP contribution in [0.15, 0.2) is 0 Å². The first-order valence-electron chi connectivity index (χ1n) is 6.81. The monoisotopic (exact) mass is 266 g/mol. The van der Waals surface area contributed by atoms with Gasteiger partial charge < -0.3 is 10.2 Å². The Bertz CT molecular complexity index is 243. The molecule has 0 aromatic carbocycles. The fourth-order valence-corrected chi connectivity index (χ4v) is 2.54. The summed E-state index contributed by atoms with van der Waals surface area (Å²) in [4.78, 5) is 2.33. The molecule has 2 nitrogen and oxygen atoms in total. The lowest BCUT2D eigenvalue weighted by atomic mass is 9.97. The number of hydrogen-bond donors (Lipinski definition) is 1.